The molecule has 0 spiro atoms. The van der Waals surface area contributed by atoms with Gasteiger partial charge in [0, 0.05) is 30.1 Å². The van der Waals surface area contributed by atoms with Gasteiger partial charge in [-0.25, -0.2) is 4.39 Å². The van der Waals surface area contributed by atoms with Crippen LogP contribution in [0.5, 0.6) is 0 Å². The van der Waals surface area contributed by atoms with Gasteiger partial charge in [0.2, 0.25) is 0 Å². The van der Waals surface area contributed by atoms with Gasteiger partial charge in [0.15, 0.2) is 0 Å². The Kier molecular flexibility index (Phi) is 3.40. The van der Waals surface area contributed by atoms with Gasteiger partial charge in [0.25, 0.3) is 0 Å². The smallest absolute Gasteiger partial charge is 0.123 e. The van der Waals surface area contributed by atoms with Crippen LogP contribution in [0.25, 0.3) is 5.52 Å². The van der Waals surface area contributed by atoms with Crippen molar-refractivity contribution in [1.82, 2.24) is 4.40 Å². The Balaban J connectivity index is 2.05. The first-order chi connectivity index (χ1) is 9.65. The predicted molar refractivity (Wildman–Crippen MR) is 82.2 cm³/mol. The van der Waals surface area contributed by atoms with Gasteiger partial charge in [-0.05, 0) is 42.5 Å². The molecule has 0 N–H and O–H groups in total. The molecule has 0 fully saturated rings. The van der Waals surface area contributed by atoms with Crippen LogP contribution < -0.4 is 4.90 Å². The quantitative estimate of drug-likeness (QED) is 0.709. The zero-order valence-corrected chi connectivity index (χ0v) is 12.2. The minimum atomic E-state index is -0.204. The maximum absolute atomic E-state index is 13.0. The summed E-state index contributed by atoms with van der Waals surface area (Å²) in [7, 11) is 4.06. The Morgan fingerprint density at radius 3 is 2.50 bits per heavy atom. The lowest BCUT2D eigenvalue weighted by Crippen LogP contribution is -2.10. The average Bonchev–Trinajstić information content (AvgIpc) is 2.81. The summed E-state index contributed by atoms with van der Waals surface area (Å²) in [6.07, 6.45) is 2.05. The van der Waals surface area contributed by atoms with Crippen molar-refractivity contribution in [3.63, 3.8) is 0 Å². The van der Waals surface area contributed by atoms with Crippen molar-refractivity contribution in [1.29, 1.82) is 0 Å². The van der Waals surface area contributed by atoms with Crippen molar-refractivity contribution in [2.45, 2.75) is 9.79 Å². The lowest BCUT2D eigenvalue weighted by Gasteiger charge is -2.11. The highest BCUT2D eigenvalue weighted by atomic mass is 32.2. The van der Waals surface area contributed by atoms with Gasteiger partial charge in [-0.1, -0.05) is 17.8 Å². The van der Waals surface area contributed by atoms with Gasteiger partial charge >= 0.3 is 0 Å². The second-order valence-electron chi connectivity index (χ2n) is 4.77. The van der Waals surface area contributed by atoms with Crippen molar-refractivity contribution in [3.05, 3.63) is 60.5 Å². The molecule has 0 saturated carbocycles. The van der Waals surface area contributed by atoms with E-state index >= 15 is 0 Å². The molecular weight excluding hydrogens is 271 g/mol. The van der Waals surface area contributed by atoms with Crippen LogP contribution in [-0.4, -0.2) is 18.5 Å². The highest BCUT2D eigenvalue weighted by Crippen LogP contribution is 2.35. The lowest BCUT2D eigenvalue weighted by molar-refractivity contribution is 0.626. The molecule has 3 aromatic rings. The van der Waals surface area contributed by atoms with Crippen LogP contribution in [0.2, 0.25) is 0 Å². The standard InChI is InChI=1S/C16H15FN2S/c1-18(2)16-11-15(14-5-3-4-10-19(14)16)20-13-8-6-12(17)7-9-13/h3-11H,1-2H3. The predicted octanol–water partition coefficient (Wildman–Crippen LogP) is 4.30. The molecule has 20 heavy (non-hydrogen) atoms. The second-order valence-corrected chi connectivity index (χ2v) is 5.89. The molecule has 0 aliphatic rings. The molecule has 0 atom stereocenters. The van der Waals surface area contributed by atoms with Crippen LogP contribution in [0.1, 0.15) is 0 Å². The summed E-state index contributed by atoms with van der Waals surface area (Å²) in [5, 5.41) is 0. The average molecular weight is 286 g/mol. The van der Waals surface area contributed by atoms with E-state index in [1.54, 1.807) is 11.8 Å². The monoisotopic (exact) mass is 286 g/mol. The fourth-order valence-corrected chi connectivity index (χ4v) is 3.12. The van der Waals surface area contributed by atoms with Gasteiger partial charge in [-0.15, -0.1) is 0 Å². The molecule has 2 heterocycles. The summed E-state index contributed by atoms with van der Waals surface area (Å²) in [5.41, 5.74) is 1.16. The van der Waals surface area contributed by atoms with Crippen molar-refractivity contribution < 1.29 is 4.39 Å². The number of anilines is 1. The number of hydrogen-bond acceptors (Lipinski definition) is 2. The molecule has 0 amide bonds. The molecule has 2 nitrogen and oxygen atoms in total. The van der Waals surface area contributed by atoms with Gasteiger partial charge < -0.3 is 9.30 Å². The molecule has 2 aromatic heterocycles. The number of halogens is 1. The third-order valence-corrected chi connectivity index (χ3v) is 4.17. The summed E-state index contributed by atoms with van der Waals surface area (Å²) >= 11 is 1.65. The molecule has 1 aromatic carbocycles. The zero-order valence-electron chi connectivity index (χ0n) is 11.4. The Hall–Kier alpha value is -1.94. The zero-order chi connectivity index (χ0) is 14.1. The van der Waals surface area contributed by atoms with Gasteiger partial charge in [0.1, 0.15) is 11.6 Å². The molecule has 0 bridgehead atoms. The third kappa shape index (κ3) is 2.39. The van der Waals surface area contributed by atoms with Crippen molar-refractivity contribution in [3.8, 4) is 0 Å². The van der Waals surface area contributed by atoms with E-state index in [0.29, 0.717) is 0 Å². The number of hydrogen-bond donors (Lipinski definition) is 0. The number of rotatable bonds is 3. The van der Waals surface area contributed by atoms with Gasteiger partial charge in [-0.3, -0.25) is 0 Å². The summed E-state index contributed by atoms with van der Waals surface area (Å²) in [4.78, 5) is 4.29. The maximum atomic E-state index is 13.0. The largest absolute Gasteiger partial charge is 0.364 e. The van der Waals surface area contributed by atoms with Crippen LogP contribution in [0.4, 0.5) is 10.2 Å². The molecule has 0 aliphatic carbocycles. The molecule has 0 unspecified atom stereocenters. The van der Waals surface area contributed by atoms with E-state index in [2.05, 4.69) is 27.6 Å². The van der Waals surface area contributed by atoms with Crippen LogP contribution in [0.15, 0.2) is 64.5 Å². The number of aromatic nitrogens is 1. The van der Waals surface area contributed by atoms with Crippen LogP contribution in [-0.2, 0) is 0 Å². The summed E-state index contributed by atoms with van der Waals surface area (Å²) < 4.78 is 15.1. The summed E-state index contributed by atoms with van der Waals surface area (Å²) in [6.45, 7) is 0. The number of pyridine rings is 1. The maximum Gasteiger partial charge on any atom is 0.123 e. The van der Waals surface area contributed by atoms with Gasteiger partial charge in [-0.2, -0.15) is 0 Å². The number of nitrogens with zero attached hydrogens (tertiary/aromatic N) is 2. The van der Waals surface area contributed by atoms with Crippen molar-refractivity contribution in [2.24, 2.45) is 0 Å². The van der Waals surface area contributed by atoms with E-state index in [9.17, 15) is 4.39 Å². The summed E-state index contributed by atoms with van der Waals surface area (Å²) in [5.74, 6) is 0.926. The molecule has 0 saturated heterocycles. The minimum Gasteiger partial charge on any atom is -0.364 e. The normalized spacial score (nSPS) is 10.9. The number of benzene rings is 1. The first-order valence-corrected chi connectivity index (χ1v) is 7.17. The molecular formula is C16H15FN2S. The van der Waals surface area contributed by atoms with Crippen molar-refractivity contribution in [2.75, 3.05) is 19.0 Å². The fourth-order valence-electron chi connectivity index (χ4n) is 2.16. The topological polar surface area (TPSA) is 7.65 Å². The van der Waals surface area contributed by atoms with Crippen LogP contribution >= 0.6 is 11.8 Å². The van der Waals surface area contributed by atoms with Crippen LogP contribution in [0, 0.1) is 5.82 Å². The number of fused-ring (bicyclic) bond motifs is 1. The lowest BCUT2D eigenvalue weighted by atomic mass is 10.3. The SMILES string of the molecule is CN(C)c1cc(Sc2ccc(F)cc2)c2ccccn12. The Morgan fingerprint density at radius 1 is 1.05 bits per heavy atom. The third-order valence-electron chi connectivity index (χ3n) is 3.12. The molecule has 102 valence electrons. The fraction of sp³-hybridized carbons (Fsp3) is 0.125. The van der Waals surface area contributed by atoms with E-state index < -0.39 is 0 Å². The highest BCUT2D eigenvalue weighted by molar-refractivity contribution is 7.99. The Bertz CT molecular complexity index is 732. The minimum absolute atomic E-state index is 0.204. The highest BCUT2D eigenvalue weighted by Gasteiger charge is 2.11. The molecule has 4 heteroatoms. The Morgan fingerprint density at radius 2 is 1.80 bits per heavy atom. The molecule has 3 rings (SSSR count). The van der Waals surface area contributed by atoms with E-state index in [1.807, 2.05) is 38.4 Å². The van der Waals surface area contributed by atoms with Gasteiger partial charge in [0.05, 0.1) is 5.52 Å². The summed E-state index contributed by atoms with van der Waals surface area (Å²) in [6, 6.07) is 14.9. The molecule has 0 radical (unpaired) electrons. The van der Waals surface area contributed by atoms with E-state index in [4.69, 9.17) is 0 Å². The van der Waals surface area contributed by atoms with E-state index in [1.165, 1.54) is 17.0 Å². The first-order valence-electron chi connectivity index (χ1n) is 6.36. The van der Waals surface area contributed by atoms with Crippen LogP contribution in [0.3, 0.4) is 0 Å². The van der Waals surface area contributed by atoms with Crippen molar-refractivity contribution >= 4 is 23.1 Å². The first kappa shape index (κ1) is 13.1. The van der Waals surface area contributed by atoms with E-state index in [-0.39, 0.29) is 5.82 Å². The Labute approximate surface area is 121 Å². The second kappa shape index (κ2) is 5.21. The molecule has 0 aliphatic heterocycles. The van der Waals surface area contributed by atoms with E-state index in [0.717, 1.165) is 16.2 Å².